The van der Waals surface area contributed by atoms with E-state index >= 15 is 0 Å². The summed E-state index contributed by atoms with van der Waals surface area (Å²) in [5, 5.41) is 6.54. The number of rotatable bonds is 6. The Labute approximate surface area is 115 Å². The smallest absolute Gasteiger partial charge is 0.107 e. The average molecular weight is 267 g/mol. The fraction of sp³-hybridized carbons (Fsp3) is 0.786. The molecular formula is C14H25N3S. The molecule has 0 aromatic carbocycles. The van der Waals surface area contributed by atoms with Crippen LogP contribution in [0.15, 0.2) is 5.38 Å². The van der Waals surface area contributed by atoms with Gasteiger partial charge in [-0.05, 0) is 32.9 Å². The van der Waals surface area contributed by atoms with E-state index in [0.717, 1.165) is 19.0 Å². The van der Waals surface area contributed by atoms with E-state index in [9.17, 15) is 0 Å². The quantitative estimate of drug-likeness (QED) is 0.859. The summed E-state index contributed by atoms with van der Waals surface area (Å²) in [6.45, 7) is 3.12. The molecule has 1 heterocycles. The van der Waals surface area contributed by atoms with Crippen LogP contribution in [0, 0.1) is 5.92 Å². The van der Waals surface area contributed by atoms with Crippen molar-refractivity contribution < 1.29 is 0 Å². The second-order valence-corrected chi connectivity index (χ2v) is 6.41. The summed E-state index contributed by atoms with van der Waals surface area (Å²) in [6.07, 6.45) is 7.15. The number of hydrogen-bond donors (Lipinski definition) is 1. The van der Waals surface area contributed by atoms with Gasteiger partial charge in [0, 0.05) is 25.0 Å². The normalized spacial score (nSPS) is 17.5. The number of nitrogens with one attached hydrogen (secondary N) is 1. The summed E-state index contributed by atoms with van der Waals surface area (Å²) in [6, 6.07) is 0. The highest BCUT2D eigenvalue weighted by atomic mass is 32.1. The summed E-state index contributed by atoms with van der Waals surface area (Å²) in [7, 11) is 4.20. The van der Waals surface area contributed by atoms with Crippen molar-refractivity contribution >= 4 is 11.3 Å². The van der Waals surface area contributed by atoms with Gasteiger partial charge in [0.05, 0.1) is 5.69 Å². The van der Waals surface area contributed by atoms with Crippen molar-refractivity contribution in [2.75, 3.05) is 20.6 Å². The largest absolute Gasteiger partial charge is 0.314 e. The molecule has 0 radical (unpaired) electrons. The Morgan fingerprint density at radius 2 is 2.17 bits per heavy atom. The molecule has 2 rings (SSSR count). The van der Waals surface area contributed by atoms with E-state index in [-0.39, 0.29) is 0 Å². The standard InChI is InChI=1S/C14H25N3S/c1-15-8-14-16-13(11-18-14)10-17(2)9-12-6-4-3-5-7-12/h11-12,15H,3-10H2,1-2H3. The first kappa shape index (κ1) is 14.0. The predicted molar refractivity (Wildman–Crippen MR) is 77.8 cm³/mol. The van der Waals surface area contributed by atoms with Gasteiger partial charge in [-0.15, -0.1) is 11.3 Å². The molecule has 18 heavy (non-hydrogen) atoms. The number of aromatic nitrogens is 1. The molecule has 1 N–H and O–H groups in total. The summed E-state index contributed by atoms with van der Waals surface area (Å²) in [4.78, 5) is 7.09. The van der Waals surface area contributed by atoms with Gasteiger partial charge in [0.15, 0.2) is 0 Å². The van der Waals surface area contributed by atoms with Crippen LogP contribution in [0.2, 0.25) is 0 Å². The zero-order valence-electron chi connectivity index (χ0n) is 11.6. The molecule has 1 saturated carbocycles. The van der Waals surface area contributed by atoms with Crippen molar-refractivity contribution in [3.8, 4) is 0 Å². The van der Waals surface area contributed by atoms with Crippen molar-refractivity contribution in [2.45, 2.75) is 45.2 Å². The third-order valence-corrected chi connectivity index (χ3v) is 4.55. The Bertz CT molecular complexity index is 345. The van der Waals surface area contributed by atoms with Gasteiger partial charge in [-0.2, -0.15) is 0 Å². The van der Waals surface area contributed by atoms with Gasteiger partial charge in [-0.1, -0.05) is 19.3 Å². The maximum absolute atomic E-state index is 4.65. The zero-order chi connectivity index (χ0) is 12.8. The van der Waals surface area contributed by atoms with Crippen molar-refractivity contribution in [3.05, 3.63) is 16.1 Å². The molecule has 102 valence electrons. The molecular weight excluding hydrogens is 242 g/mol. The third-order valence-electron chi connectivity index (χ3n) is 3.65. The van der Waals surface area contributed by atoms with Crippen LogP contribution in [-0.4, -0.2) is 30.5 Å². The lowest BCUT2D eigenvalue weighted by Crippen LogP contribution is -2.26. The maximum atomic E-state index is 4.65. The summed E-state index contributed by atoms with van der Waals surface area (Å²) in [5.74, 6) is 0.916. The number of nitrogens with zero attached hydrogens (tertiary/aromatic N) is 2. The first-order valence-electron chi connectivity index (χ1n) is 7.04. The molecule has 0 aliphatic heterocycles. The molecule has 0 spiro atoms. The lowest BCUT2D eigenvalue weighted by atomic mass is 9.89. The minimum Gasteiger partial charge on any atom is -0.314 e. The molecule has 0 bridgehead atoms. The highest BCUT2D eigenvalue weighted by molar-refractivity contribution is 7.09. The third kappa shape index (κ3) is 4.34. The molecule has 1 aliphatic carbocycles. The number of thiazole rings is 1. The number of hydrogen-bond acceptors (Lipinski definition) is 4. The molecule has 4 heteroatoms. The van der Waals surface area contributed by atoms with Crippen LogP contribution in [0.5, 0.6) is 0 Å². The first-order valence-corrected chi connectivity index (χ1v) is 7.92. The van der Waals surface area contributed by atoms with Gasteiger partial charge in [-0.3, -0.25) is 0 Å². The van der Waals surface area contributed by atoms with Crippen LogP contribution < -0.4 is 5.32 Å². The van der Waals surface area contributed by atoms with E-state index < -0.39 is 0 Å². The van der Waals surface area contributed by atoms with Gasteiger partial charge >= 0.3 is 0 Å². The lowest BCUT2D eigenvalue weighted by molar-refractivity contribution is 0.226. The Balaban J connectivity index is 1.76. The molecule has 3 nitrogen and oxygen atoms in total. The van der Waals surface area contributed by atoms with E-state index in [4.69, 9.17) is 0 Å². The topological polar surface area (TPSA) is 28.2 Å². The van der Waals surface area contributed by atoms with Crippen LogP contribution in [0.1, 0.15) is 42.8 Å². The SMILES string of the molecule is CNCc1nc(CN(C)CC2CCCCC2)cs1. The van der Waals surface area contributed by atoms with Crippen molar-refractivity contribution in [1.82, 2.24) is 15.2 Å². The highest BCUT2D eigenvalue weighted by Gasteiger charge is 2.15. The van der Waals surface area contributed by atoms with Gasteiger partial charge in [-0.25, -0.2) is 4.98 Å². The molecule has 0 amide bonds. The monoisotopic (exact) mass is 267 g/mol. The minimum absolute atomic E-state index is 0.886. The molecule has 0 unspecified atom stereocenters. The van der Waals surface area contributed by atoms with Gasteiger partial charge in [0.25, 0.3) is 0 Å². The Kier molecular flexibility index (Phi) is 5.60. The van der Waals surface area contributed by atoms with Gasteiger partial charge in [0.1, 0.15) is 5.01 Å². The van der Waals surface area contributed by atoms with Crippen LogP contribution >= 0.6 is 11.3 Å². The summed E-state index contributed by atoms with van der Waals surface area (Å²) >= 11 is 1.76. The molecule has 0 saturated heterocycles. The second-order valence-electron chi connectivity index (χ2n) is 5.46. The summed E-state index contributed by atoms with van der Waals surface area (Å²) in [5.41, 5.74) is 1.23. The van der Waals surface area contributed by atoms with Crippen molar-refractivity contribution in [2.24, 2.45) is 5.92 Å². The Hall–Kier alpha value is -0.450. The Morgan fingerprint density at radius 3 is 2.89 bits per heavy atom. The van der Waals surface area contributed by atoms with Crippen molar-refractivity contribution in [3.63, 3.8) is 0 Å². The van der Waals surface area contributed by atoms with Crippen LogP contribution in [0.3, 0.4) is 0 Å². The van der Waals surface area contributed by atoms with Crippen LogP contribution in [0.25, 0.3) is 0 Å². The molecule has 0 atom stereocenters. The van der Waals surface area contributed by atoms with Gasteiger partial charge < -0.3 is 10.2 Å². The lowest BCUT2D eigenvalue weighted by Gasteiger charge is -2.26. The second kappa shape index (κ2) is 7.22. The van der Waals surface area contributed by atoms with Crippen molar-refractivity contribution in [1.29, 1.82) is 0 Å². The van der Waals surface area contributed by atoms with Gasteiger partial charge in [0.2, 0.25) is 0 Å². The fourth-order valence-electron chi connectivity index (χ4n) is 2.81. The van der Waals surface area contributed by atoms with E-state index in [0.29, 0.717) is 0 Å². The fourth-order valence-corrected chi connectivity index (χ4v) is 3.60. The van der Waals surface area contributed by atoms with E-state index in [1.165, 1.54) is 49.4 Å². The maximum Gasteiger partial charge on any atom is 0.107 e. The van der Waals surface area contributed by atoms with E-state index in [1.54, 1.807) is 11.3 Å². The summed E-state index contributed by atoms with van der Waals surface area (Å²) < 4.78 is 0. The highest BCUT2D eigenvalue weighted by Crippen LogP contribution is 2.24. The van der Waals surface area contributed by atoms with E-state index in [1.807, 2.05) is 7.05 Å². The predicted octanol–water partition coefficient (Wildman–Crippen LogP) is 2.87. The molecule has 1 aliphatic rings. The minimum atomic E-state index is 0.886. The average Bonchev–Trinajstić information content (AvgIpc) is 2.78. The van der Waals surface area contributed by atoms with Crippen LogP contribution in [-0.2, 0) is 13.1 Å². The molecule has 1 fully saturated rings. The van der Waals surface area contributed by atoms with E-state index in [2.05, 4.69) is 27.6 Å². The Morgan fingerprint density at radius 1 is 1.39 bits per heavy atom. The first-order chi connectivity index (χ1) is 8.78. The molecule has 1 aromatic heterocycles. The van der Waals surface area contributed by atoms with Crippen LogP contribution in [0.4, 0.5) is 0 Å². The zero-order valence-corrected chi connectivity index (χ0v) is 12.4. The molecule has 1 aromatic rings.